The number of fused-ring (bicyclic) bond motifs is 1. The van der Waals surface area contributed by atoms with Gasteiger partial charge in [0.05, 0.1) is 0 Å². The second-order valence-electron chi connectivity index (χ2n) is 4.75. The van der Waals surface area contributed by atoms with Crippen LogP contribution in [0.4, 0.5) is 11.4 Å². The van der Waals surface area contributed by atoms with Crippen molar-refractivity contribution in [2.75, 3.05) is 17.2 Å². The molecular formula is C15H12Br2N2O. The number of amides is 1. The van der Waals surface area contributed by atoms with E-state index in [2.05, 4.69) is 31.9 Å². The van der Waals surface area contributed by atoms with Gasteiger partial charge in [-0.15, -0.1) is 0 Å². The Balaban J connectivity index is 1.97. The lowest BCUT2D eigenvalue weighted by Crippen LogP contribution is -2.28. The molecule has 2 N–H and O–H groups in total. The summed E-state index contributed by atoms with van der Waals surface area (Å²) in [6.45, 7) is 0.696. The average molecular weight is 396 g/mol. The molecule has 0 saturated carbocycles. The molecule has 1 heterocycles. The number of carbonyl (C=O) groups is 1. The van der Waals surface area contributed by atoms with Crippen LogP contribution < -0.4 is 10.6 Å². The normalized spacial score (nSPS) is 13.4. The van der Waals surface area contributed by atoms with Crippen molar-refractivity contribution >= 4 is 49.1 Å². The van der Waals surface area contributed by atoms with Gasteiger partial charge in [-0.05, 0) is 48.4 Å². The molecule has 0 radical (unpaired) electrons. The highest BCUT2D eigenvalue weighted by Gasteiger charge is 2.25. The number of nitrogens with two attached hydrogens (primary N) is 1. The highest BCUT2D eigenvalue weighted by atomic mass is 79.9. The molecule has 1 aliphatic heterocycles. The van der Waals surface area contributed by atoms with Crippen molar-refractivity contribution in [3.8, 4) is 0 Å². The van der Waals surface area contributed by atoms with Crippen molar-refractivity contribution in [3.05, 3.63) is 56.5 Å². The van der Waals surface area contributed by atoms with E-state index in [4.69, 9.17) is 5.73 Å². The van der Waals surface area contributed by atoms with E-state index >= 15 is 0 Å². The summed E-state index contributed by atoms with van der Waals surface area (Å²) in [4.78, 5) is 14.5. The van der Waals surface area contributed by atoms with Gasteiger partial charge in [-0.25, -0.2) is 0 Å². The van der Waals surface area contributed by atoms with Crippen LogP contribution in [-0.2, 0) is 6.42 Å². The van der Waals surface area contributed by atoms with E-state index in [1.807, 2.05) is 41.3 Å². The molecule has 0 unspecified atom stereocenters. The molecular weight excluding hydrogens is 384 g/mol. The van der Waals surface area contributed by atoms with Gasteiger partial charge in [0, 0.05) is 32.4 Å². The topological polar surface area (TPSA) is 46.3 Å². The molecule has 1 amide bonds. The minimum atomic E-state index is 0.00974. The maximum Gasteiger partial charge on any atom is 0.258 e. The van der Waals surface area contributed by atoms with Gasteiger partial charge in [-0.1, -0.05) is 31.9 Å². The van der Waals surface area contributed by atoms with Crippen LogP contribution in [0.2, 0.25) is 0 Å². The van der Waals surface area contributed by atoms with Gasteiger partial charge in [0.25, 0.3) is 5.91 Å². The first-order valence-corrected chi connectivity index (χ1v) is 7.79. The summed E-state index contributed by atoms with van der Waals surface area (Å²) in [6, 6.07) is 11.3. The van der Waals surface area contributed by atoms with Crippen molar-refractivity contribution in [1.29, 1.82) is 0 Å². The van der Waals surface area contributed by atoms with Crippen LogP contribution in [0.15, 0.2) is 45.3 Å². The number of nitrogen functional groups attached to an aromatic ring is 1. The number of hydrogen-bond donors (Lipinski definition) is 1. The number of rotatable bonds is 1. The third-order valence-electron chi connectivity index (χ3n) is 3.35. The fourth-order valence-electron chi connectivity index (χ4n) is 2.47. The quantitative estimate of drug-likeness (QED) is 0.742. The van der Waals surface area contributed by atoms with Crippen molar-refractivity contribution in [1.82, 2.24) is 0 Å². The Morgan fingerprint density at radius 3 is 2.50 bits per heavy atom. The average Bonchev–Trinajstić information content (AvgIpc) is 2.79. The van der Waals surface area contributed by atoms with Crippen molar-refractivity contribution in [2.24, 2.45) is 0 Å². The highest BCUT2D eigenvalue weighted by molar-refractivity contribution is 9.11. The second kappa shape index (κ2) is 5.22. The maximum absolute atomic E-state index is 12.7. The highest BCUT2D eigenvalue weighted by Crippen LogP contribution is 2.31. The monoisotopic (exact) mass is 394 g/mol. The van der Waals surface area contributed by atoms with E-state index in [1.54, 1.807) is 0 Å². The molecule has 0 atom stereocenters. The third kappa shape index (κ3) is 2.47. The predicted octanol–water partition coefficient (Wildman–Crippen LogP) is 4.00. The molecule has 20 heavy (non-hydrogen) atoms. The molecule has 5 heteroatoms. The lowest BCUT2D eigenvalue weighted by molar-refractivity contribution is 0.0989. The molecule has 0 fully saturated rings. The zero-order valence-corrected chi connectivity index (χ0v) is 13.7. The van der Waals surface area contributed by atoms with E-state index in [9.17, 15) is 4.79 Å². The fraction of sp³-hybridized carbons (Fsp3) is 0.133. The second-order valence-corrected chi connectivity index (χ2v) is 6.58. The molecule has 0 aliphatic carbocycles. The Morgan fingerprint density at radius 2 is 1.80 bits per heavy atom. The summed E-state index contributed by atoms with van der Waals surface area (Å²) in [7, 11) is 0. The van der Waals surface area contributed by atoms with Crippen molar-refractivity contribution in [3.63, 3.8) is 0 Å². The molecule has 2 aromatic rings. The number of nitrogens with zero attached hydrogens (tertiary/aromatic N) is 1. The summed E-state index contributed by atoms with van der Waals surface area (Å²) in [5.74, 6) is 0.00974. The zero-order valence-electron chi connectivity index (χ0n) is 10.6. The first kappa shape index (κ1) is 13.6. The molecule has 0 spiro atoms. The Kier molecular flexibility index (Phi) is 3.56. The van der Waals surface area contributed by atoms with Crippen LogP contribution in [0.25, 0.3) is 0 Å². The minimum Gasteiger partial charge on any atom is -0.399 e. The van der Waals surface area contributed by atoms with Crippen LogP contribution in [0, 0.1) is 0 Å². The largest absolute Gasteiger partial charge is 0.399 e. The van der Waals surface area contributed by atoms with Gasteiger partial charge >= 0.3 is 0 Å². The van der Waals surface area contributed by atoms with Crippen LogP contribution in [0.1, 0.15) is 15.9 Å². The molecule has 3 rings (SSSR count). The Labute approximate surface area is 134 Å². The smallest absolute Gasteiger partial charge is 0.258 e. The SMILES string of the molecule is Nc1ccc2c(c1)CCN2C(=O)c1cc(Br)cc(Br)c1. The summed E-state index contributed by atoms with van der Waals surface area (Å²) in [5, 5.41) is 0. The minimum absolute atomic E-state index is 0.00974. The first-order valence-electron chi connectivity index (χ1n) is 6.21. The standard InChI is InChI=1S/C15H12Br2N2O/c16-11-5-10(6-12(17)8-11)15(20)19-4-3-9-7-13(18)1-2-14(9)19/h1-2,5-8H,3-4,18H2. The first-order chi connectivity index (χ1) is 9.54. The zero-order chi connectivity index (χ0) is 14.3. The lowest BCUT2D eigenvalue weighted by atomic mass is 10.1. The summed E-state index contributed by atoms with van der Waals surface area (Å²) < 4.78 is 1.76. The van der Waals surface area contributed by atoms with Gasteiger partial charge in [0.1, 0.15) is 0 Å². The van der Waals surface area contributed by atoms with Crippen molar-refractivity contribution in [2.45, 2.75) is 6.42 Å². The Hall–Kier alpha value is -1.33. The number of hydrogen-bond acceptors (Lipinski definition) is 2. The van der Waals surface area contributed by atoms with Gasteiger partial charge < -0.3 is 10.6 Å². The molecule has 0 bridgehead atoms. The molecule has 0 saturated heterocycles. The van der Waals surface area contributed by atoms with E-state index in [0.717, 1.165) is 32.3 Å². The molecule has 0 aromatic heterocycles. The summed E-state index contributed by atoms with van der Waals surface area (Å²) in [5.41, 5.74) is 9.28. The number of anilines is 2. The Morgan fingerprint density at radius 1 is 1.10 bits per heavy atom. The van der Waals surface area contributed by atoms with Gasteiger partial charge in [0.2, 0.25) is 0 Å². The number of halogens is 2. The van der Waals surface area contributed by atoms with Crippen molar-refractivity contribution < 1.29 is 4.79 Å². The van der Waals surface area contributed by atoms with Crippen LogP contribution in [-0.4, -0.2) is 12.5 Å². The summed E-state index contributed by atoms with van der Waals surface area (Å²) in [6.07, 6.45) is 0.848. The lowest BCUT2D eigenvalue weighted by Gasteiger charge is -2.18. The van der Waals surface area contributed by atoms with Crippen LogP contribution in [0.3, 0.4) is 0 Å². The van der Waals surface area contributed by atoms with E-state index < -0.39 is 0 Å². The predicted molar refractivity (Wildman–Crippen MR) is 88.1 cm³/mol. The summed E-state index contributed by atoms with van der Waals surface area (Å²) >= 11 is 6.83. The van der Waals surface area contributed by atoms with Gasteiger partial charge in [-0.3, -0.25) is 4.79 Å². The van der Waals surface area contributed by atoms with Gasteiger partial charge in [0.15, 0.2) is 0 Å². The van der Waals surface area contributed by atoms with Crippen LogP contribution in [0.5, 0.6) is 0 Å². The molecule has 1 aliphatic rings. The third-order valence-corrected chi connectivity index (χ3v) is 4.27. The van der Waals surface area contributed by atoms with E-state index in [0.29, 0.717) is 12.1 Å². The maximum atomic E-state index is 12.7. The molecule has 2 aromatic carbocycles. The van der Waals surface area contributed by atoms with Gasteiger partial charge in [-0.2, -0.15) is 0 Å². The molecule has 102 valence electrons. The fourth-order valence-corrected chi connectivity index (χ4v) is 3.76. The van der Waals surface area contributed by atoms with E-state index in [1.165, 1.54) is 0 Å². The number of benzene rings is 2. The van der Waals surface area contributed by atoms with E-state index in [-0.39, 0.29) is 5.91 Å². The number of carbonyl (C=O) groups excluding carboxylic acids is 1. The Bertz CT molecular complexity index is 680. The molecule has 3 nitrogen and oxygen atoms in total. The van der Waals surface area contributed by atoms with Crippen LogP contribution >= 0.6 is 31.9 Å².